The lowest BCUT2D eigenvalue weighted by atomic mass is 9.97. The van der Waals surface area contributed by atoms with Gasteiger partial charge in [-0.2, -0.15) is 0 Å². The van der Waals surface area contributed by atoms with E-state index < -0.39 is 0 Å². The van der Waals surface area contributed by atoms with E-state index in [0.717, 1.165) is 43.9 Å². The molecule has 1 atom stereocenters. The fourth-order valence-corrected chi connectivity index (χ4v) is 2.43. The molecule has 0 bridgehead atoms. The van der Waals surface area contributed by atoms with Crippen LogP contribution in [0.15, 0.2) is 18.3 Å². The summed E-state index contributed by atoms with van der Waals surface area (Å²) in [6.07, 6.45) is 3.76. The third-order valence-electron chi connectivity index (χ3n) is 3.35. The number of hydrogen-bond donors (Lipinski definition) is 2. The molecule has 1 unspecified atom stereocenters. The Morgan fingerprint density at radius 3 is 3.22 bits per heavy atom. The minimum absolute atomic E-state index is 0.102. The summed E-state index contributed by atoms with van der Waals surface area (Å²) in [5.41, 5.74) is 7.44. The van der Waals surface area contributed by atoms with Gasteiger partial charge < -0.3 is 11.1 Å². The van der Waals surface area contributed by atoms with E-state index in [2.05, 4.69) is 15.2 Å². The summed E-state index contributed by atoms with van der Waals surface area (Å²) >= 11 is 0. The number of rotatable bonds is 3. The van der Waals surface area contributed by atoms with Crippen LogP contribution in [-0.2, 0) is 11.3 Å². The molecule has 1 saturated heterocycles. The first-order valence-corrected chi connectivity index (χ1v) is 6.33. The minimum atomic E-state index is 0.102. The molecule has 98 valence electrons. The van der Waals surface area contributed by atoms with Gasteiger partial charge in [-0.15, -0.1) is 0 Å². The molecule has 2 heterocycles. The zero-order valence-corrected chi connectivity index (χ0v) is 10.7. The van der Waals surface area contributed by atoms with Crippen molar-refractivity contribution in [2.24, 2.45) is 5.92 Å². The first kappa shape index (κ1) is 12.8. The monoisotopic (exact) mass is 248 g/mol. The van der Waals surface area contributed by atoms with E-state index in [-0.39, 0.29) is 11.8 Å². The average molecular weight is 248 g/mol. The van der Waals surface area contributed by atoms with Gasteiger partial charge in [-0.1, -0.05) is 0 Å². The van der Waals surface area contributed by atoms with Gasteiger partial charge in [-0.3, -0.25) is 14.7 Å². The molecule has 1 aliphatic heterocycles. The molecule has 1 aromatic rings. The molecule has 1 aromatic heterocycles. The van der Waals surface area contributed by atoms with E-state index in [4.69, 9.17) is 5.73 Å². The number of carbonyl (C=O) groups is 1. The van der Waals surface area contributed by atoms with Crippen LogP contribution in [0.4, 0.5) is 5.69 Å². The van der Waals surface area contributed by atoms with Crippen LogP contribution in [0.25, 0.3) is 0 Å². The van der Waals surface area contributed by atoms with Crippen molar-refractivity contribution < 1.29 is 4.79 Å². The molecule has 2 rings (SSSR count). The molecule has 1 fully saturated rings. The Bertz CT molecular complexity index is 421. The Kier molecular flexibility index (Phi) is 4.15. The van der Waals surface area contributed by atoms with Crippen LogP contribution in [0.1, 0.15) is 18.5 Å². The maximum absolute atomic E-state index is 11.6. The average Bonchev–Trinajstić information content (AvgIpc) is 2.38. The summed E-state index contributed by atoms with van der Waals surface area (Å²) < 4.78 is 0. The predicted molar refractivity (Wildman–Crippen MR) is 70.7 cm³/mol. The fourth-order valence-electron chi connectivity index (χ4n) is 2.43. The summed E-state index contributed by atoms with van der Waals surface area (Å²) in [7, 11) is 1.70. The largest absolute Gasteiger partial charge is 0.399 e. The van der Waals surface area contributed by atoms with Gasteiger partial charge in [-0.05, 0) is 31.5 Å². The highest BCUT2D eigenvalue weighted by Gasteiger charge is 2.25. The number of pyridine rings is 1. The van der Waals surface area contributed by atoms with E-state index in [9.17, 15) is 4.79 Å². The minimum Gasteiger partial charge on any atom is -0.399 e. The normalized spacial score (nSPS) is 20.6. The highest BCUT2D eigenvalue weighted by atomic mass is 16.1. The van der Waals surface area contributed by atoms with Crippen molar-refractivity contribution in [3.05, 3.63) is 24.0 Å². The molecule has 0 radical (unpaired) electrons. The Hall–Kier alpha value is -1.62. The topological polar surface area (TPSA) is 71.2 Å². The zero-order chi connectivity index (χ0) is 13.0. The van der Waals surface area contributed by atoms with Crippen molar-refractivity contribution in [3.63, 3.8) is 0 Å². The highest BCUT2D eigenvalue weighted by molar-refractivity contribution is 5.78. The molecule has 3 N–H and O–H groups in total. The van der Waals surface area contributed by atoms with Gasteiger partial charge >= 0.3 is 0 Å². The number of anilines is 1. The highest BCUT2D eigenvalue weighted by Crippen LogP contribution is 2.18. The van der Waals surface area contributed by atoms with Crippen LogP contribution in [0, 0.1) is 5.92 Å². The van der Waals surface area contributed by atoms with E-state index in [1.165, 1.54) is 0 Å². The van der Waals surface area contributed by atoms with E-state index in [0.29, 0.717) is 0 Å². The first-order valence-electron chi connectivity index (χ1n) is 6.33. The van der Waals surface area contributed by atoms with Gasteiger partial charge in [0.25, 0.3) is 0 Å². The molecule has 5 heteroatoms. The van der Waals surface area contributed by atoms with Crippen molar-refractivity contribution >= 4 is 11.6 Å². The molecule has 1 amide bonds. The third-order valence-corrected chi connectivity index (χ3v) is 3.35. The SMILES string of the molecule is CNC(=O)C1CCCN(Cc2cc(N)ccn2)C1. The smallest absolute Gasteiger partial charge is 0.224 e. The number of aromatic nitrogens is 1. The molecule has 5 nitrogen and oxygen atoms in total. The standard InChI is InChI=1S/C13H20N4O/c1-15-13(18)10-3-2-6-17(8-10)9-12-7-11(14)4-5-16-12/h4-5,7,10H,2-3,6,8-9H2,1H3,(H2,14,16)(H,15,18). The molecular weight excluding hydrogens is 228 g/mol. The maximum atomic E-state index is 11.6. The Labute approximate surface area is 107 Å². The van der Waals surface area contributed by atoms with Gasteiger partial charge in [0, 0.05) is 32.0 Å². The lowest BCUT2D eigenvalue weighted by Gasteiger charge is -2.31. The number of hydrogen-bond acceptors (Lipinski definition) is 4. The van der Waals surface area contributed by atoms with Gasteiger partial charge in [-0.25, -0.2) is 0 Å². The molecule has 0 spiro atoms. The second-order valence-corrected chi connectivity index (χ2v) is 4.77. The number of nitrogen functional groups attached to an aromatic ring is 1. The summed E-state index contributed by atoms with van der Waals surface area (Å²) in [5, 5.41) is 2.73. The van der Waals surface area contributed by atoms with Crippen LogP contribution in [-0.4, -0.2) is 35.9 Å². The van der Waals surface area contributed by atoms with Crippen molar-refractivity contribution in [3.8, 4) is 0 Å². The molecule has 18 heavy (non-hydrogen) atoms. The van der Waals surface area contributed by atoms with Crippen molar-refractivity contribution in [1.82, 2.24) is 15.2 Å². The van der Waals surface area contributed by atoms with E-state index in [1.807, 2.05) is 6.07 Å². The van der Waals surface area contributed by atoms with Gasteiger partial charge in [0.2, 0.25) is 5.91 Å². The number of amides is 1. The van der Waals surface area contributed by atoms with Gasteiger partial charge in [0.1, 0.15) is 0 Å². The first-order chi connectivity index (χ1) is 8.69. The quantitative estimate of drug-likeness (QED) is 0.822. The predicted octanol–water partition coefficient (Wildman–Crippen LogP) is 0.622. The number of nitrogens with zero attached hydrogens (tertiary/aromatic N) is 2. The van der Waals surface area contributed by atoms with Crippen molar-refractivity contribution in [2.75, 3.05) is 25.9 Å². The molecule has 0 aliphatic carbocycles. The summed E-state index contributed by atoms with van der Waals surface area (Å²) in [5.74, 6) is 0.241. The van der Waals surface area contributed by atoms with Gasteiger partial charge in [0.05, 0.1) is 11.6 Å². The maximum Gasteiger partial charge on any atom is 0.224 e. The summed E-state index contributed by atoms with van der Waals surface area (Å²) in [6, 6.07) is 3.68. The lowest BCUT2D eigenvalue weighted by molar-refractivity contribution is -0.126. The van der Waals surface area contributed by atoms with E-state index in [1.54, 1.807) is 19.3 Å². The van der Waals surface area contributed by atoms with Crippen LogP contribution in [0.2, 0.25) is 0 Å². The number of nitrogens with one attached hydrogen (secondary N) is 1. The molecule has 1 aliphatic rings. The molecule has 0 saturated carbocycles. The lowest BCUT2D eigenvalue weighted by Crippen LogP contribution is -2.41. The Morgan fingerprint density at radius 1 is 1.67 bits per heavy atom. The van der Waals surface area contributed by atoms with Crippen LogP contribution < -0.4 is 11.1 Å². The van der Waals surface area contributed by atoms with E-state index >= 15 is 0 Å². The second-order valence-electron chi connectivity index (χ2n) is 4.77. The molecular formula is C13H20N4O. The number of likely N-dealkylation sites (tertiary alicyclic amines) is 1. The number of carbonyl (C=O) groups excluding carboxylic acids is 1. The molecule has 0 aromatic carbocycles. The van der Waals surface area contributed by atoms with Crippen LogP contribution >= 0.6 is 0 Å². The summed E-state index contributed by atoms with van der Waals surface area (Å²) in [6.45, 7) is 2.58. The zero-order valence-electron chi connectivity index (χ0n) is 10.7. The van der Waals surface area contributed by atoms with Crippen molar-refractivity contribution in [2.45, 2.75) is 19.4 Å². The fraction of sp³-hybridized carbons (Fsp3) is 0.538. The van der Waals surface area contributed by atoms with Gasteiger partial charge in [0.15, 0.2) is 0 Å². The Balaban J connectivity index is 1.95. The number of nitrogens with two attached hydrogens (primary N) is 1. The third kappa shape index (κ3) is 3.20. The number of piperidine rings is 1. The second kappa shape index (κ2) is 5.82. The van der Waals surface area contributed by atoms with Crippen LogP contribution in [0.3, 0.4) is 0 Å². The Morgan fingerprint density at radius 2 is 2.50 bits per heavy atom. The summed E-state index contributed by atoms with van der Waals surface area (Å²) in [4.78, 5) is 18.2. The van der Waals surface area contributed by atoms with Crippen molar-refractivity contribution in [1.29, 1.82) is 0 Å². The van der Waals surface area contributed by atoms with Crippen LogP contribution in [0.5, 0.6) is 0 Å².